The van der Waals surface area contributed by atoms with Crippen LogP contribution in [0.15, 0.2) is 0 Å². The van der Waals surface area contributed by atoms with Crippen molar-refractivity contribution in [1.29, 1.82) is 0 Å². The number of carbonyl (C=O) groups excluding carboxylic acids is 2. The Bertz CT molecular complexity index is 741. The van der Waals surface area contributed by atoms with E-state index in [1.165, 1.54) is 0 Å². The van der Waals surface area contributed by atoms with E-state index in [1.807, 2.05) is 0 Å². The van der Waals surface area contributed by atoms with Crippen LogP contribution >= 0.6 is 0 Å². The Balaban J connectivity index is 0.000000623. The van der Waals surface area contributed by atoms with Crippen molar-refractivity contribution in [2.45, 2.75) is 88.5 Å². The molecule has 9 heteroatoms. The molecular weight excluding hydrogens is 452 g/mol. The van der Waals surface area contributed by atoms with Crippen LogP contribution in [0.25, 0.3) is 0 Å². The summed E-state index contributed by atoms with van der Waals surface area (Å²) in [4.78, 5) is 27.1. The number of piperazine rings is 1. The van der Waals surface area contributed by atoms with Crippen molar-refractivity contribution < 1.29 is 18.0 Å². The molecule has 0 aromatic heterocycles. The number of rotatable bonds is 8. The quantitative estimate of drug-likeness (QED) is 0.471. The molecule has 0 N–H and O–H groups in total. The van der Waals surface area contributed by atoms with Crippen molar-refractivity contribution in [1.82, 2.24) is 18.4 Å². The third-order valence-corrected chi connectivity index (χ3v) is 7.49. The SMILES string of the molecule is C.CCCCN1CCN(CC(C)(C)C)C(=O)C1=O.CCCCN1CCN(CC(C)(C)C)S1(=O)=O. The monoisotopic (exact) mass is 504 g/mol. The molecule has 0 radical (unpaired) electrons. The Morgan fingerprint density at radius 3 is 1.62 bits per heavy atom. The highest BCUT2D eigenvalue weighted by Crippen LogP contribution is 2.23. The zero-order valence-electron chi connectivity index (χ0n) is 22.3. The van der Waals surface area contributed by atoms with Crippen LogP contribution in [0, 0.1) is 10.8 Å². The summed E-state index contributed by atoms with van der Waals surface area (Å²) in [6.45, 7) is 21.9. The summed E-state index contributed by atoms with van der Waals surface area (Å²) in [6, 6.07) is 0. The highest BCUT2D eigenvalue weighted by molar-refractivity contribution is 7.87. The number of amides is 2. The molecule has 0 aliphatic carbocycles. The molecule has 0 saturated carbocycles. The minimum atomic E-state index is -3.17. The van der Waals surface area contributed by atoms with E-state index in [1.54, 1.807) is 18.4 Å². The Kier molecular flexibility index (Phi) is 13.3. The first-order valence-corrected chi connectivity index (χ1v) is 13.9. The van der Waals surface area contributed by atoms with Gasteiger partial charge in [-0.2, -0.15) is 17.0 Å². The molecular formula is C25H52N4O4S. The Hall–Kier alpha value is -1.19. The minimum absolute atomic E-state index is 0. The van der Waals surface area contributed by atoms with Gasteiger partial charge in [-0.3, -0.25) is 9.59 Å². The highest BCUT2D eigenvalue weighted by atomic mass is 32.2. The molecule has 202 valence electrons. The summed E-state index contributed by atoms with van der Waals surface area (Å²) in [5.74, 6) is -0.656. The molecule has 0 aromatic carbocycles. The van der Waals surface area contributed by atoms with Crippen LogP contribution in [-0.2, 0) is 19.8 Å². The summed E-state index contributed by atoms with van der Waals surface area (Å²) in [5, 5.41) is 0. The second-order valence-electron chi connectivity index (χ2n) is 11.6. The summed E-state index contributed by atoms with van der Waals surface area (Å²) in [6.07, 6.45) is 4.00. The lowest BCUT2D eigenvalue weighted by molar-refractivity contribution is -0.156. The molecule has 34 heavy (non-hydrogen) atoms. The summed E-state index contributed by atoms with van der Waals surface area (Å²) < 4.78 is 27.5. The lowest BCUT2D eigenvalue weighted by atomic mass is 9.95. The number of hydrogen-bond acceptors (Lipinski definition) is 4. The molecule has 2 heterocycles. The first-order chi connectivity index (χ1) is 15.1. The Morgan fingerprint density at radius 1 is 0.676 bits per heavy atom. The highest BCUT2D eigenvalue weighted by Gasteiger charge is 2.37. The molecule has 2 amide bonds. The van der Waals surface area contributed by atoms with E-state index in [4.69, 9.17) is 0 Å². The fraction of sp³-hybridized carbons (Fsp3) is 0.920. The van der Waals surface area contributed by atoms with Crippen LogP contribution in [0.2, 0.25) is 0 Å². The molecule has 2 aliphatic heterocycles. The van der Waals surface area contributed by atoms with Crippen molar-refractivity contribution in [2.75, 3.05) is 52.4 Å². The van der Waals surface area contributed by atoms with E-state index >= 15 is 0 Å². The van der Waals surface area contributed by atoms with Gasteiger partial charge < -0.3 is 9.80 Å². The van der Waals surface area contributed by atoms with E-state index < -0.39 is 10.2 Å². The van der Waals surface area contributed by atoms with E-state index in [0.717, 1.165) is 25.7 Å². The second-order valence-corrected chi connectivity index (χ2v) is 13.5. The van der Waals surface area contributed by atoms with Gasteiger partial charge in [0.25, 0.3) is 10.2 Å². The molecule has 2 fully saturated rings. The lowest BCUT2D eigenvalue weighted by Crippen LogP contribution is -2.55. The maximum absolute atomic E-state index is 12.1. The van der Waals surface area contributed by atoms with Gasteiger partial charge in [0.15, 0.2) is 0 Å². The van der Waals surface area contributed by atoms with Crippen LogP contribution in [0.1, 0.15) is 88.5 Å². The number of hydrogen-bond donors (Lipinski definition) is 0. The third-order valence-electron chi connectivity index (χ3n) is 5.51. The summed E-state index contributed by atoms with van der Waals surface area (Å²) in [5.41, 5.74) is 0.0648. The van der Waals surface area contributed by atoms with Crippen LogP contribution in [0.4, 0.5) is 0 Å². The van der Waals surface area contributed by atoms with Crippen LogP contribution in [0.3, 0.4) is 0 Å². The molecule has 8 nitrogen and oxygen atoms in total. The Labute approximate surface area is 210 Å². The predicted molar refractivity (Wildman–Crippen MR) is 141 cm³/mol. The normalized spacial score (nSPS) is 19.6. The van der Waals surface area contributed by atoms with Gasteiger partial charge in [0.1, 0.15) is 0 Å². The maximum Gasteiger partial charge on any atom is 0.312 e. The standard InChI is InChI=1S/C13H24N2O2.C11H24N2O2S.CH4/c1-5-6-7-14-8-9-15(10-13(2,3)4)12(17)11(14)16;1-5-6-7-12-8-9-13(16(12,14)15)10-11(2,3)4;/h5-10H2,1-4H3;5-10H2,1-4H3;1H4. The molecule has 0 atom stereocenters. The fourth-order valence-electron chi connectivity index (χ4n) is 3.87. The van der Waals surface area contributed by atoms with Crippen LogP contribution in [-0.4, -0.2) is 91.0 Å². The van der Waals surface area contributed by atoms with Gasteiger partial charge in [0.05, 0.1) is 0 Å². The first-order valence-electron chi connectivity index (χ1n) is 12.5. The van der Waals surface area contributed by atoms with Crippen molar-refractivity contribution in [2.24, 2.45) is 10.8 Å². The van der Waals surface area contributed by atoms with Gasteiger partial charge in [-0.25, -0.2) is 0 Å². The van der Waals surface area contributed by atoms with Gasteiger partial charge in [0, 0.05) is 52.4 Å². The van der Waals surface area contributed by atoms with E-state index in [-0.39, 0.29) is 30.1 Å². The molecule has 2 rings (SSSR count). The molecule has 0 spiro atoms. The van der Waals surface area contributed by atoms with Crippen molar-refractivity contribution in [3.8, 4) is 0 Å². The Morgan fingerprint density at radius 2 is 1.12 bits per heavy atom. The van der Waals surface area contributed by atoms with Crippen LogP contribution in [0.5, 0.6) is 0 Å². The molecule has 0 unspecified atom stereocenters. The fourth-order valence-corrected chi connectivity index (χ4v) is 5.73. The van der Waals surface area contributed by atoms with E-state index in [9.17, 15) is 18.0 Å². The molecule has 2 saturated heterocycles. The van der Waals surface area contributed by atoms with Gasteiger partial charge in [-0.15, -0.1) is 0 Å². The van der Waals surface area contributed by atoms with Crippen molar-refractivity contribution in [3.63, 3.8) is 0 Å². The smallest absolute Gasteiger partial charge is 0.312 e. The molecule has 0 bridgehead atoms. The summed E-state index contributed by atoms with van der Waals surface area (Å²) >= 11 is 0. The van der Waals surface area contributed by atoms with Gasteiger partial charge in [0.2, 0.25) is 0 Å². The first kappa shape index (κ1) is 32.8. The topological polar surface area (TPSA) is 81.2 Å². The third kappa shape index (κ3) is 10.6. The largest absolute Gasteiger partial charge is 0.333 e. The number of unbranched alkanes of at least 4 members (excludes halogenated alkanes) is 2. The van der Waals surface area contributed by atoms with E-state index in [2.05, 4.69) is 55.4 Å². The van der Waals surface area contributed by atoms with Gasteiger partial charge >= 0.3 is 11.8 Å². The van der Waals surface area contributed by atoms with Crippen molar-refractivity contribution >= 4 is 22.0 Å². The van der Waals surface area contributed by atoms with E-state index in [0.29, 0.717) is 52.4 Å². The number of carbonyl (C=O) groups is 2. The second kappa shape index (κ2) is 13.8. The zero-order chi connectivity index (χ0) is 25.4. The maximum atomic E-state index is 12.1. The lowest BCUT2D eigenvalue weighted by Gasteiger charge is -2.36. The van der Waals surface area contributed by atoms with Crippen LogP contribution < -0.4 is 0 Å². The minimum Gasteiger partial charge on any atom is -0.333 e. The van der Waals surface area contributed by atoms with Gasteiger partial charge in [-0.1, -0.05) is 75.7 Å². The summed E-state index contributed by atoms with van der Waals surface area (Å²) in [7, 11) is -3.17. The molecule has 2 aliphatic rings. The zero-order valence-corrected chi connectivity index (χ0v) is 23.1. The molecule has 0 aromatic rings. The van der Waals surface area contributed by atoms with Crippen molar-refractivity contribution in [3.05, 3.63) is 0 Å². The number of nitrogens with zero attached hydrogens (tertiary/aromatic N) is 4. The predicted octanol–water partition coefficient (Wildman–Crippen LogP) is 3.83. The average molecular weight is 505 g/mol. The average Bonchev–Trinajstić information content (AvgIpc) is 2.95. The van der Waals surface area contributed by atoms with Gasteiger partial charge in [-0.05, 0) is 23.7 Å².